The van der Waals surface area contributed by atoms with Gasteiger partial charge in [0.25, 0.3) is 0 Å². The van der Waals surface area contributed by atoms with Gasteiger partial charge in [-0.25, -0.2) is 9.59 Å². The van der Waals surface area contributed by atoms with Crippen molar-refractivity contribution in [2.45, 2.75) is 31.4 Å². The summed E-state index contributed by atoms with van der Waals surface area (Å²) in [5.74, 6) is -0.447. The first kappa shape index (κ1) is 16.6. The number of hydrogen-bond donors (Lipinski definition) is 0. The molecule has 6 heteroatoms. The molecule has 1 amide bonds. The summed E-state index contributed by atoms with van der Waals surface area (Å²) in [7, 11) is 0. The summed E-state index contributed by atoms with van der Waals surface area (Å²) in [6.07, 6.45) is -1.54. The van der Waals surface area contributed by atoms with Gasteiger partial charge in [0, 0.05) is 6.42 Å². The summed E-state index contributed by atoms with van der Waals surface area (Å²) >= 11 is 0. The highest BCUT2D eigenvalue weighted by atomic mass is 16.6. The lowest BCUT2D eigenvalue weighted by atomic mass is 10.1. The summed E-state index contributed by atoms with van der Waals surface area (Å²) in [5, 5.41) is 0. The van der Waals surface area contributed by atoms with Gasteiger partial charge in [0.2, 0.25) is 0 Å². The molecule has 2 aromatic carbocycles. The number of carbonyl (C=O) groups is 2. The zero-order valence-corrected chi connectivity index (χ0v) is 14.1. The SMILES string of the molecule is O=C1O[C@@H](N2C(=O)OC[C@H]2c2ccccc2)C[C@@H]1OCc1ccccc1. The summed E-state index contributed by atoms with van der Waals surface area (Å²) in [6, 6.07) is 18.9. The van der Waals surface area contributed by atoms with Crippen molar-refractivity contribution in [1.29, 1.82) is 0 Å². The van der Waals surface area contributed by atoms with Crippen LogP contribution in [0.5, 0.6) is 0 Å². The van der Waals surface area contributed by atoms with Gasteiger partial charge >= 0.3 is 12.1 Å². The molecule has 4 rings (SSSR count). The Kier molecular flexibility index (Phi) is 4.58. The van der Waals surface area contributed by atoms with Crippen LogP contribution in [0.2, 0.25) is 0 Å². The minimum atomic E-state index is -0.690. The molecule has 0 spiro atoms. The van der Waals surface area contributed by atoms with Crippen LogP contribution in [0.3, 0.4) is 0 Å². The van der Waals surface area contributed by atoms with Crippen molar-refractivity contribution in [3.63, 3.8) is 0 Å². The first-order valence-electron chi connectivity index (χ1n) is 8.58. The van der Waals surface area contributed by atoms with Gasteiger partial charge < -0.3 is 14.2 Å². The van der Waals surface area contributed by atoms with Crippen molar-refractivity contribution >= 4 is 12.1 Å². The van der Waals surface area contributed by atoms with Crippen molar-refractivity contribution in [2.24, 2.45) is 0 Å². The summed E-state index contributed by atoms with van der Waals surface area (Å²) in [6.45, 7) is 0.562. The molecule has 0 N–H and O–H groups in total. The van der Waals surface area contributed by atoms with E-state index in [9.17, 15) is 9.59 Å². The molecule has 2 heterocycles. The Bertz CT molecular complexity index is 779. The maximum absolute atomic E-state index is 12.2. The molecule has 2 aromatic rings. The zero-order chi connectivity index (χ0) is 17.9. The number of ether oxygens (including phenoxy) is 3. The molecule has 2 saturated heterocycles. The van der Waals surface area contributed by atoms with Crippen LogP contribution in [0.4, 0.5) is 4.79 Å². The van der Waals surface area contributed by atoms with Crippen LogP contribution in [0.1, 0.15) is 23.6 Å². The number of rotatable bonds is 5. The average molecular weight is 353 g/mol. The molecule has 0 saturated carbocycles. The van der Waals surface area contributed by atoms with E-state index in [0.717, 1.165) is 11.1 Å². The van der Waals surface area contributed by atoms with E-state index in [0.29, 0.717) is 13.0 Å². The standard InChI is InChI=1S/C20H19NO5/c22-19-17(24-12-14-7-3-1-4-8-14)11-18(26-19)21-16(13-25-20(21)23)15-9-5-2-6-10-15/h1-10,16-18H,11-13H2/t16-,17-,18+/m0/s1. The third kappa shape index (κ3) is 3.28. The molecule has 26 heavy (non-hydrogen) atoms. The highest BCUT2D eigenvalue weighted by molar-refractivity contribution is 5.78. The molecule has 0 unspecified atom stereocenters. The fraction of sp³-hybridized carbons (Fsp3) is 0.300. The van der Waals surface area contributed by atoms with Crippen LogP contribution < -0.4 is 0 Å². The maximum Gasteiger partial charge on any atom is 0.413 e. The van der Waals surface area contributed by atoms with E-state index in [2.05, 4.69) is 0 Å². The average Bonchev–Trinajstić information content (AvgIpc) is 3.24. The van der Waals surface area contributed by atoms with Gasteiger partial charge in [-0.3, -0.25) is 4.90 Å². The second-order valence-electron chi connectivity index (χ2n) is 6.32. The normalized spacial score (nSPS) is 25.2. The maximum atomic E-state index is 12.2. The van der Waals surface area contributed by atoms with Crippen molar-refractivity contribution in [1.82, 2.24) is 4.90 Å². The molecular weight excluding hydrogens is 334 g/mol. The fourth-order valence-corrected chi connectivity index (χ4v) is 3.30. The van der Waals surface area contributed by atoms with E-state index in [-0.39, 0.29) is 12.6 Å². The largest absolute Gasteiger partial charge is 0.447 e. The van der Waals surface area contributed by atoms with Gasteiger partial charge in [0.15, 0.2) is 12.3 Å². The van der Waals surface area contributed by atoms with E-state index in [1.807, 2.05) is 60.7 Å². The Labute approximate surface area is 151 Å². The van der Waals surface area contributed by atoms with Crippen molar-refractivity contribution in [2.75, 3.05) is 6.61 Å². The molecule has 0 aromatic heterocycles. The van der Waals surface area contributed by atoms with Gasteiger partial charge in [-0.15, -0.1) is 0 Å². The Morgan fingerprint density at radius 1 is 1.00 bits per heavy atom. The first-order valence-corrected chi connectivity index (χ1v) is 8.58. The molecule has 2 fully saturated rings. The molecule has 6 nitrogen and oxygen atoms in total. The molecule has 3 atom stereocenters. The minimum absolute atomic E-state index is 0.242. The molecule has 134 valence electrons. The number of amides is 1. The van der Waals surface area contributed by atoms with E-state index >= 15 is 0 Å². The summed E-state index contributed by atoms with van der Waals surface area (Å²) in [4.78, 5) is 25.9. The quantitative estimate of drug-likeness (QED) is 0.773. The molecule has 0 radical (unpaired) electrons. The number of hydrogen-bond acceptors (Lipinski definition) is 5. The van der Waals surface area contributed by atoms with Crippen LogP contribution in [0.15, 0.2) is 60.7 Å². The van der Waals surface area contributed by atoms with Gasteiger partial charge in [0.1, 0.15) is 6.61 Å². The van der Waals surface area contributed by atoms with E-state index in [4.69, 9.17) is 14.2 Å². The van der Waals surface area contributed by atoms with Crippen LogP contribution in [0, 0.1) is 0 Å². The topological polar surface area (TPSA) is 65.1 Å². The number of esters is 1. The van der Waals surface area contributed by atoms with Crippen LogP contribution >= 0.6 is 0 Å². The third-order valence-electron chi connectivity index (χ3n) is 4.63. The molecular formula is C20H19NO5. The highest BCUT2D eigenvalue weighted by Gasteiger charge is 2.47. The minimum Gasteiger partial charge on any atom is -0.447 e. The van der Waals surface area contributed by atoms with Crippen LogP contribution in [-0.2, 0) is 25.6 Å². The van der Waals surface area contributed by atoms with Gasteiger partial charge in [-0.05, 0) is 11.1 Å². The number of cyclic esters (lactones) is 2. The third-order valence-corrected chi connectivity index (χ3v) is 4.63. The summed E-state index contributed by atoms with van der Waals surface area (Å²) in [5.41, 5.74) is 1.93. The van der Waals surface area contributed by atoms with Crippen LogP contribution in [-0.4, -0.2) is 35.9 Å². The smallest absolute Gasteiger partial charge is 0.413 e. The van der Waals surface area contributed by atoms with E-state index in [1.165, 1.54) is 4.90 Å². The van der Waals surface area contributed by atoms with Gasteiger partial charge in [0.05, 0.1) is 12.6 Å². The monoisotopic (exact) mass is 353 g/mol. The predicted octanol–water partition coefficient (Wildman–Crippen LogP) is 3.04. The lowest BCUT2D eigenvalue weighted by Gasteiger charge is -2.26. The van der Waals surface area contributed by atoms with E-state index in [1.54, 1.807) is 0 Å². The van der Waals surface area contributed by atoms with Crippen LogP contribution in [0.25, 0.3) is 0 Å². The molecule has 0 bridgehead atoms. The Morgan fingerprint density at radius 3 is 2.42 bits per heavy atom. The number of nitrogens with zero attached hydrogens (tertiary/aromatic N) is 1. The molecule has 2 aliphatic heterocycles. The van der Waals surface area contributed by atoms with E-state index < -0.39 is 24.4 Å². The lowest BCUT2D eigenvalue weighted by Crippen LogP contribution is -2.38. The fourth-order valence-electron chi connectivity index (χ4n) is 3.30. The van der Waals surface area contributed by atoms with Gasteiger partial charge in [-0.1, -0.05) is 60.7 Å². The first-order chi connectivity index (χ1) is 12.7. The summed E-state index contributed by atoms with van der Waals surface area (Å²) < 4.78 is 16.3. The number of benzene rings is 2. The molecule has 0 aliphatic carbocycles. The second kappa shape index (κ2) is 7.17. The zero-order valence-electron chi connectivity index (χ0n) is 14.1. The Morgan fingerprint density at radius 2 is 1.69 bits per heavy atom. The van der Waals surface area contributed by atoms with Crippen molar-refractivity contribution < 1.29 is 23.8 Å². The highest BCUT2D eigenvalue weighted by Crippen LogP contribution is 2.34. The lowest BCUT2D eigenvalue weighted by molar-refractivity contribution is -0.154. The Hall–Kier alpha value is -2.86. The van der Waals surface area contributed by atoms with Crippen molar-refractivity contribution in [3.8, 4) is 0 Å². The molecule has 2 aliphatic rings. The van der Waals surface area contributed by atoms with Gasteiger partial charge in [-0.2, -0.15) is 0 Å². The van der Waals surface area contributed by atoms with Crippen molar-refractivity contribution in [3.05, 3.63) is 71.8 Å². The second-order valence-corrected chi connectivity index (χ2v) is 6.32. The predicted molar refractivity (Wildman–Crippen MR) is 91.9 cm³/mol. The Balaban J connectivity index is 1.44. The number of carbonyl (C=O) groups excluding carboxylic acids is 2.